The summed E-state index contributed by atoms with van der Waals surface area (Å²) < 4.78 is 16.4. The molecule has 0 aliphatic rings. The average molecular weight is 475 g/mol. The molecule has 0 N–H and O–H groups in total. The molecule has 0 bridgehead atoms. The molecule has 3 rings (SSSR count). The van der Waals surface area contributed by atoms with Crippen molar-refractivity contribution in [3.8, 4) is 34.4 Å². The van der Waals surface area contributed by atoms with Crippen LogP contribution in [0.25, 0.3) is 22.9 Å². The van der Waals surface area contributed by atoms with Gasteiger partial charge in [-0.15, -0.1) is 10.2 Å². The van der Waals surface area contributed by atoms with Gasteiger partial charge < -0.3 is 13.9 Å². The van der Waals surface area contributed by atoms with E-state index in [0.29, 0.717) is 34.4 Å². The summed E-state index contributed by atoms with van der Waals surface area (Å²) in [5.41, 5.74) is 1.39. The monoisotopic (exact) mass is 474 g/mol. The van der Waals surface area contributed by atoms with Gasteiger partial charge in [0.15, 0.2) is 0 Å². The van der Waals surface area contributed by atoms with Gasteiger partial charge in [-0.25, -0.2) is 9.59 Å². The first-order chi connectivity index (χ1) is 17.1. The van der Waals surface area contributed by atoms with E-state index >= 15 is 0 Å². The van der Waals surface area contributed by atoms with Gasteiger partial charge in [-0.1, -0.05) is 51.7 Å². The van der Waals surface area contributed by atoms with Crippen molar-refractivity contribution < 1.29 is 23.5 Å². The highest BCUT2D eigenvalue weighted by Crippen LogP contribution is 2.26. The summed E-state index contributed by atoms with van der Waals surface area (Å²) in [5.74, 6) is 0.731. The van der Waals surface area contributed by atoms with Crippen molar-refractivity contribution in [1.82, 2.24) is 10.2 Å². The van der Waals surface area contributed by atoms with Crippen molar-refractivity contribution in [1.29, 1.82) is 0 Å². The summed E-state index contributed by atoms with van der Waals surface area (Å²) in [6.07, 6.45) is 12.5. The number of carbonyl (C=O) groups is 2. The highest BCUT2D eigenvalue weighted by Gasteiger charge is 2.12. The number of aromatic nitrogens is 2. The summed E-state index contributed by atoms with van der Waals surface area (Å²) in [7, 11) is 0. The molecule has 0 atom stereocenters. The highest BCUT2D eigenvalue weighted by atomic mass is 16.5. The number of allylic oxidation sites excluding steroid dienone is 2. The van der Waals surface area contributed by atoms with Crippen molar-refractivity contribution in [2.45, 2.75) is 52.4 Å². The molecule has 182 valence electrons. The van der Waals surface area contributed by atoms with Gasteiger partial charge in [-0.05, 0) is 61.4 Å². The number of esters is 2. The van der Waals surface area contributed by atoms with Crippen molar-refractivity contribution in [3.63, 3.8) is 0 Å². The Labute approximate surface area is 205 Å². The third-order valence-corrected chi connectivity index (χ3v) is 5.02. The van der Waals surface area contributed by atoms with Gasteiger partial charge in [0, 0.05) is 23.3 Å². The van der Waals surface area contributed by atoms with E-state index in [4.69, 9.17) is 13.9 Å². The fourth-order valence-corrected chi connectivity index (χ4v) is 3.09. The third-order valence-electron chi connectivity index (χ3n) is 5.02. The maximum atomic E-state index is 11.9. The van der Waals surface area contributed by atoms with Gasteiger partial charge >= 0.3 is 11.9 Å². The zero-order chi connectivity index (χ0) is 24.9. The van der Waals surface area contributed by atoms with E-state index in [0.717, 1.165) is 38.5 Å². The molecule has 0 aliphatic heterocycles. The Bertz CT molecular complexity index is 1050. The first-order valence-electron chi connectivity index (χ1n) is 11.9. The van der Waals surface area contributed by atoms with Crippen LogP contribution in [0.15, 0.2) is 77.3 Å². The van der Waals surface area contributed by atoms with Crippen LogP contribution in [-0.4, -0.2) is 22.1 Å². The Hall–Kier alpha value is -4.00. The maximum absolute atomic E-state index is 11.9. The lowest BCUT2D eigenvalue weighted by Crippen LogP contribution is -2.03. The zero-order valence-corrected chi connectivity index (χ0v) is 20.1. The summed E-state index contributed by atoms with van der Waals surface area (Å²) in [6, 6.07) is 13.7. The predicted molar refractivity (Wildman–Crippen MR) is 134 cm³/mol. The fourth-order valence-electron chi connectivity index (χ4n) is 3.09. The molecule has 0 saturated heterocycles. The minimum absolute atomic E-state index is 0.338. The van der Waals surface area contributed by atoms with Gasteiger partial charge in [0.2, 0.25) is 11.8 Å². The van der Waals surface area contributed by atoms with Crippen molar-refractivity contribution in [3.05, 3.63) is 72.8 Å². The Morgan fingerprint density at radius 3 is 1.49 bits per heavy atom. The summed E-state index contributed by atoms with van der Waals surface area (Å²) >= 11 is 0. The van der Waals surface area contributed by atoms with Gasteiger partial charge in [-0.2, -0.15) is 0 Å². The number of ether oxygens (including phenoxy) is 2. The molecule has 35 heavy (non-hydrogen) atoms. The molecule has 0 saturated carbocycles. The van der Waals surface area contributed by atoms with Crippen LogP contribution in [0.3, 0.4) is 0 Å². The van der Waals surface area contributed by atoms with Gasteiger partial charge in [0.05, 0.1) is 0 Å². The Kier molecular flexibility index (Phi) is 9.99. The van der Waals surface area contributed by atoms with Crippen LogP contribution in [0.2, 0.25) is 0 Å². The third kappa shape index (κ3) is 8.37. The molecule has 0 spiro atoms. The second-order valence-electron chi connectivity index (χ2n) is 7.89. The zero-order valence-electron chi connectivity index (χ0n) is 20.1. The number of unbranched alkanes of at least 4 members (excludes halogenated alkanes) is 4. The summed E-state index contributed by atoms with van der Waals surface area (Å²) in [5, 5.41) is 8.20. The van der Waals surface area contributed by atoms with Crippen LogP contribution in [-0.2, 0) is 9.59 Å². The highest BCUT2D eigenvalue weighted by molar-refractivity contribution is 5.84. The Balaban J connectivity index is 1.57. The topological polar surface area (TPSA) is 91.5 Å². The molecule has 3 aromatic rings. The SMILES string of the molecule is CCCC/C=C/C(=O)Oc1ccc(-c2nnc(-c3ccc(OC(=O)/C=C/CCCC)cc3)o2)cc1. The van der Waals surface area contributed by atoms with Crippen LogP contribution in [0, 0.1) is 0 Å². The quantitative estimate of drug-likeness (QED) is 0.125. The molecular formula is C28H30N2O5. The van der Waals surface area contributed by atoms with E-state index in [1.165, 1.54) is 12.2 Å². The van der Waals surface area contributed by atoms with E-state index in [1.807, 2.05) is 12.2 Å². The maximum Gasteiger partial charge on any atom is 0.335 e. The second-order valence-corrected chi connectivity index (χ2v) is 7.89. The van der Waals surface area contributed by atoms with Crippen molar-refractivity contribution in [2.24, 2.45) is 0 Å². The van der Waals surface area contributed by atoms with Crippen molar-refractivity contribution in [2.75, 3.05) is 0 Å². The van der Waals surface area contributed by atoms with E-state index in [2.05, 4.69) is 24.0 Å². The lowest BCUT2D eigenvalue weighted by Gasteiger charge is -2.02. The molecule has 1 heterocycles. The standard InChI is InChI=1S/C28H30N2O5/c1-3-5-7-9-11-25(31)33-23-17-13-21(14-18-23)27-29-30-28(35-27)22-15-19-24(20-16-22)34-26(32)12-10-8-6-4-2/h9-20H,3-8H2,1-2H3/b11-9+,12-10+. The number of hydrogen-bond donors (Lipinski definition) is 0. The molecular weight excluding hydrogens is 444 g/mol. The van der Waals surface area contributed by atoms with Gasteiger partial charge in [0.25, 0.3) is 0 Å². The number of hydrogen-bond acceptors (Lipinski definition) is 7. The molecule has 1 aromatic heterocycles. The van der Waals surface area contributed by atoms with Crippen LogP contribution < -0.4 is 9.47 Å². The number of carbonyl (C=O) groups excluding carboxylic acids is 2. The fraction of sp³-hybridized carbons (Fsp3) is 0.286. The Morgan fingerprint density at radius 1 is 0.714 bits per heavy atom. The van der Waals surface area contributed by atoms with Crippen LogP contribution >= 0.6 is 0 Å². The molecule has 0 amide bonds. The van der Waals surface area contributed by atoms with Gasteiger partial charge in [-0.3, -0.25) is 0 Å². The second kappa shape index (κ2) is 13.6. The summed E-state index contributed by atoms with van der Waals surface area (Å²) in [6.45, 7) is 4.20. The number of nitrogens with zero attached hydrogens (tertiary/aromatic N) is 2. The Morgan fingerprint density at radius 2 is 1.11 bits per heavy atom. The largest absolute Gasteiger partial charge is 0.423 e. The molecule has 0 aliphatic carbocycles. The van der Waals surface area contributed by atoms with E-state index in [9.17, 15) is 9.59 Å². The number of rotatable bonds is 12. The van der Waals surface area contributed by atoms with Gasteiger partial charge in [0.1, 0.15) is 11.5 Å². The van der Waals surface area contributed by atoms with E-state index in [-0.39, 0.29) is 0 Å². The van der Waals surface area contributed by atoms with E-state index < -0.39 is 11.9 Å². The van der Waals surface area contributed by atoms with Crippen LogP contribution in [0.4, 0.5) is 0 Å². The molecule has 2 aromatic carbocycles. The summed E-state index contributed by atoms with van der Waals surface area (Å²) in [4.78, 5) is 23.7. The average Bonchev–Trinajstić information content (AvgIpc) is 3.36. The van der Waals surface area contributed by atoms with Crippen LogP contribution in [0.5, 0.6) is 11.5 Å². The molecule has 0 unspecified atom stereocenters. The number of benzene rings is 2. The molecule has 7 heteroatoms. The lowest BCUT2D eigenvalue weighted by atomic mass is 10.2. The van der Waals surface area contributed by atoms with Crippen molar-refractivity contribution >= 4 is 11.9 Å². The van der Waals surface area contributed by atoms with E-state index in [1.54, 1.807) is 48.5 Å². The molecule has 0 radical (unpaired) electrons. The smallest absolute Gasteiger partial charge is 0.335 e. The lowest BCUT2D eigenvalue weighted by molar-refractivity contribution is -0.129. The molecule has 0 fully saturated rings. The first-order valence-corrected chi connectivity index (χ1v) is 11.9. The minimum Gasteiger partial charge on any atom is -0.423 e. The predicted octanol–water partition coefficient (Wildman–Crippen LogP) is 6.71. The van der Waals surface area contributed by atoms with Crippen LogP contribution in [0.1, 0.15) is 52.4 Å². The normalized spacial score (nSPS) is 11.3. The molecule has 7 nitrogen and oxygen atoms in total. The first kappa shape index (κ1) is 25.6. The minimum atomic E-state index is -0.407.